The summed E-state index contributed by atoms with van der Waals surface area (Å²) in [5, 5.41) is 3.24. The normalized spacial score (nSPS) is 12.0. The van der Waals surface area contributed by atoms with Gasteiger partial charge in [-0.2, -0.15) is 0 Å². The van der Waals surface area contributed by atoms with Crippen LogP contribution in [0.5, 0.6) is 0 Å². The zero-order chi connectivity index (χ0) is 41.8. The van der Waals surface area contributed by atoms with Crippen LogP contribution in [0, 0.1) is 5.92 Å². The third-order valence-corrected chi connectivity index (χ3v) is 12.1. The quantitative estimate of drug-likeness (QED) is 0.0622. The topological polar surface area (TPSA) is 56.8 Å². The molecule has 1 amide bonds. The van der Waals surface area contributed by atoms with Crippen LogP contribution in [-0.2, 0) is 14.2 Å². The summed E-state index contributed by atoms with van der Waals surface area (Å²) in [5.41, 5.74) is -0.120. The first kappa shape index (κ1) is 56.2. The Kier molecular flexibility index (Phi) is 44.1. The predicted octanol–water partition coefficient (Wildman–Crippen LogP) is 17.4. The highest BCUT2D eigenvalue weighted by molar-refractivity contribution is 5.67. The molecule has 0 aliphatic carbocycles. The Morgan fingerprint density at radius 1 is 0.439 bits per heavy atom. The van der Waals surface area contributed by atoms with Crippen molar-refractivity contribution in [1.82, 2.24) is 5.32 Å². The lowest BCUT2D eigenvalue weighted by Crippen LogP contribution is -2.35. The molecule has 0 unspecified atom stereocenters. The molecule has 57 heavy (non-hydrogen) atoms. The molecule has 0 aromatic carbocycles. The molecule has 0 fully saturated rings. The van der Waals surface area contributed by atoms with Crippen LogP contribution in [0.25, 0.3) is 0 Å². The molecule has 1 N–H and O–H groups in total. The van der Waals surface area contributed by atoms with E-state index in [1.54, 1.807) is 0 Å². The van der Waals surface area contributed by atoms with Gasteiger partial charge in [0, 0.05) is 19.3 Å². The molecule has 0 aromatic rings. The number of hydrogen-bond donors (Lipinski definition) is 1. The molecule has 0 saturated carbocycles. The number of amides is 1. The monoisotopic (exact) mass is 808 g/mol. The van der Waals surface area contributed by atoms with Gasteiger partial charge in [0.1, 0.15) is 6.61 Å². The van der Waals surface area contributed by atoms with Crippen molar-refractivity contribution in [2.75, 3.05) is 26.4 Å². The Bertz CT molecular complexity index is 750. The fraction of sp³-hybridized carbons (Fsp3) is 0.981. The molecule has 342 valence electrons. The summed E-state index contributed by atoms with van der Waals surface area (Å²) in [7, 11) is 0. The second-order valence-electron chi connectivity index (χ2n) is 19.0. The molecule has 0 atom stereocenters. The van der Waals surface area contributed by atoms with Crippen molar-refractivity contribution in [3.8, 4) is 0 Å². The molecule has 0 aliphatic heterocycles. The second-order valence-corrected chi connectivity index (χ2v) is 19.0. The lowest BCUT2D eigenvalue weighted by Gasteiger charge is -2.25. The van der Waals surface area contributed by atoms with Gasteiger partial charge in [0.05, 0.1) is 12.2 Å². The molecule has 0 radical (unpaired) electrons. The van der Waals surface area contributed by atoms with E-state index in [2.05, 4.69) is 46.9 Å². The maximum atomic E-state index is 12.8. The van der Waals surface area contributed by atoms with Crippen molar-refractivity contribution >= 4 is 6.09 Å². The summed E-state index contributed by atoms with van der Waals surface area (Å²) in [4.78, 5) is 12.8. The maximum Gasteiger partial charge on any atom is 0.407 e. The van der Waals surface area contributed by atoms with Gasteiger partial charge >= 0.3 is 6.09 Å². The highest BCUT2D eigenvalue weighted by Gasteiger charge is 2.18. The minimum absolute atomic E-state index is 0.120. The molecular formula is C52H105NO4. The smallest absolute Gasteiger partial charge is 0.407 e. The number of hydrogen-bond acceptors (Lipinski definition) is 4. The van der Waals surface area contributed by atoms with Gasteiger partial charge in [-0.15, -0.1) is 0 Å². The van der Waals surface area contributed by atoms with Crippen LogP contribution in [0.15, 0.2) is 0 Å². The van der Waals surface area contributed by atoms with E-state index in [4.69, 9.17) is 14.2 Å². The van der Waals surface area contributed by atoms with Crippen LogP contribution in [0.2, 0.25) is 0 Å². The van der Waals surface area contributed by atoms with Gasteiger partial charge < -0.3 is 19.5 Å². The number of carbonyl (C=O) groups is 1. The zero-order valence-electron chi connectivity index (χ0n) is 40.0. The highest BCUT2D eigenvalue weighted by Crippen LogP contribution is 2.20. The number of rotatable bonds is 47. The molecule has 5 heteroatoms. The maximum absolute atomic E-state index is 12.8. The van der Waals surface area contributed by atoms with Crippen molar-refractivity contribution in [2.45, 2.75) is 297 Å². The molecule has 0 aliphatic rings. The summed E-state index contributed by atoms with van der Waals surface area (Å²) >= 11 is 0. The fourth-order valence-corrected chi connectivity index (χ4v) is 8.18. The molecular weight excluding hydrogens is 703 g/mol. The van der Waals surface area contributed by atoms with Crippen molar-refractivity contribution in [3.63, 3.8) is 0 Å². The van der Waals surface area contributed by atoms with E-state index < -0.39 is 0 Å². The molecule has 0 bridgehead atoms. The van der Waals surface area contributed by atoms with Gasteiger partial charge in [-0.1, -0.05) is 233 Å². The Morgan fingerprint density at radius 3 is 1.18 bits per heavy atom. The first-order chi connectivity index (χ1) is 27.8. The van der Waals surface area contributed by atoms with Gasteiger partial charge in [-0.25, -0.2) is 4.79 Å². The Labute approximate surface area is 358 Å². The predicted molar refractivity (Wildman–Crippen MR) is 251 cm³/mol. The average Bonchev–Trinajstić information content (AvgIpc) is 3.18. The van der Waals surface area contributed by atoms with E-state index in [0.717, 1.165) is 44.6 Å². The molecule has 0 saturated heterocycles. The lowest BCUT2D eigenvalue weighted by atomic mass is 9.99. The summed E-state index contributed by atoms with van der Waals surface area (Å²) < 4.78 is 17.5. The SMILES string of the molecule is CCCCCCCCCCCCCCCCCCC(CCCCCCCCCCCCCCCCCC)NC(=O)OCCOCCCC(C)(C)OCCCC(C)C. The van der Waals surface area contributed by atoms with E-state index >= 15 is 0 Å². The van der Waals surface area contributed by atoms with Crippen LogP contribution in [0.3, 0.4) is 0 Å². The third-order valence-electron chi connectivity index (χ3n) is 12.1. The standard InChI is InChI=1S/C52H105NO4/c1-7-9-11-13-15-17-19-21-23-25-27-29-31-33-35-37-42-50(43-38-36-34-32-30-28-26-24-22-20-18-16-14-12-10-8-2)53-51(54)56-48-47-55-45-40-44-52(5,6)57-46-39-41-49(3)4/h49-50H,7-48H2,1-6H3,(H,53,54). The summed E-state index contributed by atoms with van der Waals surface area (Å²) in [6, 6.07) is 0.222. The largest absolute Gasteiger partial charge is 0.447 e. The van der Waals surface area contributed by atoms with Crippen LogP contribution in [-0.4, -0.2) is 44.2 Å². The van der Waals surface area contributed by atoms with Gasteiger partial charge in [-0.05, 0) is 58.3 Å². The minimum atomic E-state index is -0.271. The van der Waals surface area contributed by atoms with Crippen molar-refractivity contribution in [3.05, 3.63) is 0 Å². The minimum Gasteiger partial charge on any atom is -0.447 e. The van der Waals surface area contributed by atoms with Gasteiger partial charge in [0.25, 0.3) is 0 Å². The Morgan fingerprint density at radius 2 is 0.807 bits per heavy atom. The first-order valence-corrected chi connectivity index (χ1v) is 26.0. The van der Waals surface area contributed by atoms with E-state index in [1.165, 1.54) is 212 Å². The van der Waals surface area contributed by atoms with E-state index in [1.807, 2.05) is 0 Å². The van der Waals surface area contributed by atoms with Gasteiger partial charge in [-0.3, -0.25) is 0 Å². The summed E-state index contributed by atoms with van der Waals surface area (Å²) in [6.07, 6.45) is 50.5. The van der Waals surface area contributed by atoms with Gasteiger partial charge in [0.15, 0.2) is 0 Å². The fourth-order valence-electron chi connectivity index (χ4n) is 8.18. The van der Waals surface area contributed by atoms with Crippen molar-refractivity contribution in [1.29, 1.82) is 0 Å². The first-order valence-electron chi connectivity index (χ1n) is 26.0. The summed E-state index contributed by atoms with van der Waals surface area (Å²) in [6.45, 7) is 15.7. The van der Waals surface area contributed by atoms with Crippen molar-refractivity contribution < 1.29 is 19.0 Å². The van der Waals surface area contributed by atoms with Gasteiger partial charge in [0.2, 0.25) is 0 Å². The van der Waals surface area contributed by atoms with Crippen molar-refractivity contribution in [2.24, 2.45) is 5.92 Å². The molecule has 0 rings (SSSR count). The number of ether oxygens (including phenoxy) is 3. The molecule has 0 aromatic heterocycles. The summed E-state index contributed by atoms with van der Waals surface area (Å²) in [5.74, 6) is 0.729. The number of alkyl carbamates (subject to hydrolysis) is 1. The highest BCUT2D eigenvalue weighted by atomic mass is 16.6. The number of carbonyl (C=O) groups excluding carboxylic acids is 1. The van der Waals surface area contributed by atoms with E-state index in [0.29, 0.717) is 19.8 Å². The van der Waals surface area contributed by atoms with E-state index in [-0.39, 0.29) is 17.7 Å². The lowest BCUT2D eigenvalue weighted by molar-refractivity contribution is -0.0323. The van der Waals surface area contributed by atoms with Crippen LogP contribution in [0.1, 0.15) is 286 Å². The van der Waals surface area contributed by atoms with Crippen LogP contribution < -0.4 is 5.32 Å². The molecule has 0 heterocycles. The second kappa shape index (κ2) is 44.7. The Hall–Kier alpha value is -0.810. The molecule has 5 nitrogen and oxygen atoms in total. The average molecular weight is 808 g/mol. The van der Waals surface area contributed by atoms with Crippen LogP contribution in [0.4, 0.5) is 4.79 Å². The zero-order valence-corrected chi connectivity index (χ0v) is 40.0. The number of nitrogens with one attached hydrogen (secondary N) is 1. The van der Waals surface area contributed by atoms with E-state index in [9.17, 15) is 4.79 Å². The number of unbranched alkanes of at least 4 members (excludes halogenated alkanes) is 30. The molecule has 0 spiro atoms. The van der Waals surface area contributed by atoms with Crippen LogP contribution >= 0.6 is 0 Å². The third kappa shape index (κ3) is 46.1. The Balaban J connectivity index is 4.20.